The standard InChI is InChI=1S/C17H16N2O6/c20-16(21)12-18(25-11-10-13-4-2-1-3-5-13)17(22)14-6-8-15(9-7-14)19(23)24/h1-9H,10-12H2,(H,20,21). The molecule has 0 aliphatic carbocycles. The molecule has 0 aromatic heterocycles. The maximum atomic E-state index is 12.4. The van der Waals surface area contributed by atoms with Crippen LogP contribution in [-0.2, 0) is 16.1 Å². The molecule has 0 radical (unpaired) electrons. The molecular weight excluding hydrogens is 328 g/mol. The Kier molecular flexibility index (Phi) is 6.19. The summed E-state index contributed by atoms with van der Waals surface area (Å²) in [5.74, 6) is -1.90. The molecule has 0 atom stereocenters. The first-order valence-corrected chi connectivity index (χ1v) is 7.42. The maximum Gasteiger partial charge on any atom is 0.325 e. The third-order valence-corrected chi connectivity index (χ3v) is 3.31. The second-order valence-corrected chi connectivity index (χ2v) is 5.11. The van der Waals surface area contributed by atoms with Crippen molar-refractivity contribution in [1.82, 2.24) is 5.06 Å². The average molecular weight is 344 g/mol. The third-order valence-electron chi connectivity index (χ3n) is 3.31. The van der Waals surface area contributed by atoms with Crippen LogP contribution in [0.3, 0.4) is 0 Å². The molecule has 0 fully saturated rings. The fraction of sp³-hybridized carbons (Fsp3) is 0.176. The highest BCUT2D eigenvalue weighted by molar-refractivity contribution is 5.95. The van der Waals surface area contributed by atoms with Crippen molar-refractivity contribution >= 4 is 17.6 Å². The molecule has 1 N–H and O–H groups in total. The molecule has 8 nitrogen and oxygen atoms in total. The molecule has 0 spiro atoms. The van der Waals surface area contributed by atoms with Crippen LogP contribution < -0.4 is 0 Å². The van der Waals surface area contributed by atoms with E-state index in [0.29, 0.717) is 6.42 Å². The number of hydrogen-bond donors (Lipinski definition) is 1. The zero-order valence-electron chi connectivity index (χ0n) is 13.2. The minimum absolute atomic E-state index is 0.103. The first-order valence-electron chi connectivity index (χ1n) is 7.42. The Hall–Kier alpha value is -3.26. The number of carboxylic acid groups (broad SMARTS) is 1. The first-order chi connectivity index (χ1) is 12.0. The van der Waals surface area contributed by atoms with Crippen LogP contribution in [0, 0.1) is 10.1 Å². The number of carboxylic acids is 1. The Morgan fingerprint density at radius 1 is 1.08 bits per heavy atom. The van der Waals surface area contributed by atoms with E-state index in [1.807, 2.05) is 30.3 Å². The zero-order chi connectivity index (χ0) is 18.2. The summed E-state index contributed by atoms with van der Waals surface area (Å²) in [6.45, 7) is -0.513. The predicted octanol–water partition coefficient (Wildman–Crippen LogP) is 2.30. The van der Waals surface area contributed by atoms with E-state index in [1.165, 1.54) is 24.3 Å². The molecule has 130 valence electrons. The van der Waals surface area contributed by atoms with Crippen molar-refractivity contribution in [3.8, 4) is 0 Å². The van der Waals surface area contributed by atoms with Gasteiger partial charge in [0.05, 0.1) is 11.5 Å². The lowest BCUT2D eigenvalue weighted by Crippen LogP contribution is -2.36. The highest BCUT2D eigenvalue weighted by Gasteiger charge is 2.20. The van der Waals surface area contributed by atoms with Gasteiger partial charge in [0, 0.05) is 17.7 Å². The van der Waals surface area contributed by atoms with Crippen LogP contribution in [0.2, 0.25) is 0 Å². The van der Waals surface area contributed by atoms with E-state index in [1.54, 1.807) is 0 Å². The fourth-order valence-electron chi connectivity index (χ4n) is 2.09. The van der Waals surface area contributed by atoms with E-state index in [0.717, 1.165) is 10.6 Å². The van der Waals surface area contributed by atoms with E-state index < -0.39 is 23.3 Å². The van der Waals surface area contributed by atoms with Crippen molar-refractivity contribution in [1.29, 1.82) is 0 Å². The van der Waals surface area contributed by atoms with E-state index in [4.69, 9.17) is 9.94 Å². The van der Waals surface area contributed by atoms with Gasteiger partial charge in [-0.2, -0.15) is 0 Å². The lowest BCUT2D eigenvalue weighted by Gasteiger charge is -2.20. The van der Waals surface area contributed by atoms with Gasteiger partial charge in [-0.05, 0) is 24.1 Å². The molecule has 0 bridgehead atoms. The Morgan fingerprint density at radius 3 is 2.28 bits per heavy atom. The van der Waals surface area contributed by atoms with Crippen LogP contribution in [0.25, 0.3) is 0 Å². The van der Waals surface area contributed by atoms with E-state index in [2.05, 4.69) is 0 Å². The monoisotopic (exact) mass is 344 g/mol. The summed E-state index contributed by atoms with van der Waals surface area (Å²) in [5, 5.41) is 20.3. The number of nitro benzene ring substituents is 1. The Bertz CT molecular complexity index is 745. The topological polar surface area (TPSA) is 110 Å². The molecule has 25 heavy (non-hydrogen) atoms. The minimum Gasteiger partial charge on any atom is -0.480 e. The van der Waals surface area contributed by atoms with Crippen molar-refractivity contribution in [2.24, 2.45) is 0 Å². The number of nitro groups is 1. The van der Waals surface area contributed by atoms with Crippen LogP contribution in [-0.4, -0.2) is 40.1 Å². The van der Waals surface area contributed by atoms with Crippen molar-refractivity contribution in [3.05, 3.63) is 75.8 Å². The fourth-order valence-corrected chi connectivity index (χ4v) is 2.09. The van der Waals surface area contributed by atoms with Crippen LogP contribution in [0.4, 0.5) is 5.69 Å². The summed E-state index contributed by atoms with van der Waals surface area (Å²) in [6, 6.07) is 14.3. The predicted molar refractivity (Wildman–Crippen MR) is 87.9 cm³/mol. The lowest BCUT2D eigenvalue weighted by molar-refractivity contribution is -0.384. The normalized spacial score (nSPS) is 10.2. The molecule has 1 amide bonds. The average Bonchev–Trinajstić information content (AvgIpc) is 2.61. The smallest absolute Gasteiger partial charge is 0.325 e. The van der Waals surface area contributed by atoms with Crippen LogP contribution in [0.1, 0.15) is 15.9 Å². The van der Waals surface area contributed by atoms with Gasteiger partial charge in [-0.25, -0.2) is 5.06 Å². The minimum atomic E-state index is -1.23. The van der Waals surface area contributed by atoms with E-state index in [9.17, 15) is 19.7 Å². The maximum absolute atomic E-state index is 12.4. The molecule has 8 heteroatoms. The number of carbonyl (C=O) groups is 2. The number of benzene rings is 2. The molecule has 0 aliphatic heterocycles. The third kappa shape index (κ3) is 5.40. The Labute approximate surface area is 143 Å². The number of aliphatic carboxylic acids is 1. The largest absolute Gasteiger partial charge is 0.480 e. The van der Waals surface area contributed by atoms with Crippen LogP contribution >= 0.6 is 0 Å². The highest BCUT2D eigenvalue weighted by atomic mass is 16.7. The molecule has 0 aliphatic rings. The van der Waals surface area contributed by atoms with Gasteiger partial charge < -0.3 is 5.11 Å². The van der Waals surface area contributed by atoms with Gasteiger partial charge >= 0.3 is 5.97 Å². The molecule has 0 heterocycles. The number of amides is 1. The van der Waals surface area contributed by atoms with Gasteiger partial charge in [-0.3, -0.25) is 24.5 Å². The van der Waals surface area contributed by atoms with Crippen molar-refractivity contribution in [2.75, 3.05) is 13.2 Å². The molecular formula is C17H16N2O6. The number of carbonyl (C=O) groups excluding carboxylic acids is 1. The zero-order valence-corrected chi connectivity index (χ0v) is 13.2. The second kappa shape index (κ2) is 8.55. The molecule has 0 unspecified atom stereocenters. The highest BCUT2D eigenvalue weighted by Crippen LogP contribution is 2.14. The Balaban J connectivity index is 2.03. The van der Waals surface area contributed by atoms with E-state index >= 15 is 0 Å². The van der Waals surface area contributed by atoms with Crippen molar-refractivity contribution in [2.45, 2.75) is 6.42 Å². The van der Waals surface area contributed by atoms with Gasteiger partial charge in [0.25, 0.3) is 11.6 Å². The number of non-ortho nitro benzene ring substituents is 1. The van der Waals surface area contributed by atoms with Gasteiger partial charge in [0.1, 0.15) is 6.54 Å². The van der Waals surface area contributed by atoms with Gasteiger partial charge in [-0.1, -0.05) is 30.3 Å². The summed E-state index contributed by atoms with van der Waals surface area (Å²) >= 11 is 0. The summed E-state index contributed by atoms with van der Waals surface area (Å²) in [4.78, 5) is 38.7. The van der Waals surface area contributed by atoms with Crippen molar-refractivity contribution < 1.29 is 24.5 Å². The van der Waals surface area contributed by atoms with E-state index in [-0.39, 0.29) is 17.9 Å². The molecule has 2 aromatic carbocycles. The molecule has 0 saturated carbocycles. The van der Waals surface area contributed by atoms with Gasteiger partial charge in [0.15, 0.2) is 0 Å². The number of hydrogen-bond acceptors (Lipinski definition) is 5. The van der Waals surface area contributed by atoms with Crippen LogP contribution in [0.5, 0.6) is 0 Å². The lowest BCUT2D eigenvalue weighted by atomic mass is 10.2. The second-order valence-electron chi connectivity index (χ2n) is 5.11. The molecule has 2 rings (SSSR count). The number of hydroxylamine groups is 2. The SMILES string of the molecule is O=C(O)CN(OCCc1ccccc1)C(=O)c1ccc([N+](=O)[O-])cc1. The summed E-state index contributed by atoms with van der Waals surface area (Å²) in [7, 11) is 0. The van der Waals surface area contributed by atoms with Gasteiger partial charge in [-0.15, -0.1) is 0 Å². The summed E-state index contributed by atoms with van der Waals surface area (Å²) < 4.78 is 0. The molecule has 0 saturated heterocycles. The summed E-state index contributed by atoms with van der Waals surface area (Å²) in [6.07, 6.45) is 0.504. The number of rotatable bonds is 8. The number of nitrogens with zero attached hydrogens (tertiary/aromatic N) is 2. The summed E-state index contributed by atoms with van der Waals surface area (Å²) in [5.41, 5.74) is 0.929. The van der Waals surface area contributed by atoms with Crippen LogP contribution in [0.15, 0.2) is 54.6 Å². The Morgan fingerprint density at radius 2 is 1.72 bits per heavy atom. The first kappa shape index (κ1) is 18.1. The molecule has 2 aromatic rings. The van der Waals surface area contributed by atoms with Crippen molar-refractivity contribution in [3.63, 3.8) is 0 Å². The quantitative estimate of drug-likeness (QED) is 0.581. The van der Waals surface area contributed by atoms with Gasteiger partial charge in [0.2, 0.25) is 0 Å².